The third-order valence-electron chi connectivity index (χ3n) is 3.37. The van der Waals surface area contributed by atoms with Crippen LogP contribution >= 0.6 is 15.9 Å². The van der Waals surface area contributed by atoms with E-state index in [1.54, 1.807) is 0 Å². The van der Waals surface area contributed by atoms with Gasteiger partial charge in [0.25, 0.3) is 0 Å². The van der Waals surface area contributed by atoms with Gasteiger partial charge in [-0.2, -0.15) is 0 Å². The fraction of sp³-hybridized carbons (Fsp3) is 0.294. The largest absolute Gasteiger partial charge is 0.457 e. The van der Waals surface area contributed by atoms with E-state index in [0.717, 1.165) is 28.8 Å². The Hall–Kier alpha value is -1.32. The van der Waals surface area contributed by atoms with Crippen LogP contribution in [0, 0.1) is 6.92 Å². The van der Waals surface area contributed by atoms with Gasteiger partial charge in [0.2, 0.25) is 0 Å². The number of hydrogen-bond donors (Lipinski definition) is 1. The quantitative estimate of drug-likeness (QED) is 0.850. The molecule has 0 spiro atoms. The van der Waals surface area contributed by atoms with Crippen molar-refractivity contribution in [1.82, 2.24) is 0 Å². The second kappa shape index (κ2) is 6.91. The Morgan fingerprint density at radius 2 is 1.75 bits per heavy atom. The first-order chi connectivity index (χ1) is 9.58. The lowest BCUT2D eigenvalue weighted by Gasteiger charge is -2.13. The van der Waals surface area contributed by atoms with Gasteiger partial charge in [-0.3, -0.25) is 0 Å². The summed E-state index contributed by atoms with van der Waals surface area (Å²) in [4.78, 5) is 0. The highest BCUT2D eigenvalue weighted by Crippen LogP contribution is 2.25. The van der Waals surface area contributed by atoms with Crippen molar-refractivity contribution in [2.75, 3.05) is 0 Å². The van der Waals surface area contributed by atoms with Crippen molar-refractivity contribution in [3.8, 4) is 11.5 Å². The smallest absolute Gasteiger partial charge is 0.127 e. The molecule has 0 heterocycles. The van der Waals surface area contributed by atoms with Crippen molar-refractivity contribution in [2.45, 2.75) is 32.7 Å². The summed E-state index contributed by atoms with van der Waals surface area (Å²) in [6, 6.07) is 14.2. The lowest BCUT2D eigenvalue weighted by atomic mass is 10.00. The SMILES string of the molecule is CCC(N)Cc1ccc(Oc2ccc(Br)cc2)cc1C. The molecular formula is C17H20BrNO. The molecule has 2 N–H and O–H groups in total. The fourth-order valence-electron chi connectivity index (χ4n) is 2.03. The topological polar surface area (TPSA) is 35.2 Å². The van der Waals surface area contributed by atoms with Crippen LogP contribution in [0.2, 0.25) is 0 Å². The van der Waals surface area contributed by atoms with Crippen LogP contribution in [0.1, 0.15) is 24.5 Å². The maximum atomic E-state index is 6.01. The van der Waals surface area contributed by atoms with Crippen molar-refractivity contribution in [3.05, 3.63) is 58.1 Å². The molecule has 1 atom stereocenters. The van der Waals surface area contributed by atoms with E-state index in [4.69, 9.17) is 10.5 Å². The Kier molecular flexibility index (Phi) is 5.21. The van der Waals surface area contributed by atoms with E-state index >= 15 is 0 Å². The van der Waals surface area contributed by atoms with Gasteiger partial charge in [-0.15, -0.1) is 0 Å². The summed E-state index contributed by atoms with van der Waals surface area (Å²) in [5, 5.41) is 0. The van der Waals surface area contributed by atoms with Crippen LogP contribution in [0.15, 0.2) is 46.9 Å². The van der Waals surface area contributed by atoms with Gasteiger partial charge in [0.15, 0.2) is 0 Å². The highest BCUT2D eigenvalue weighted by Gasteiger charge is 2.06. The van der Waals surface area contributed by atoms with Crippen molar-refractivity contribution >= 4 is 15.9 Å². The Morgan fingerprint density at radius 3 is 2.35 bits per heavy atom. The summed E-state index contributed by atoms with van der Waals surface area (Å²) in [5.41, 5.74) is 8.53. The lowest BCUT2D eigenvalue weighted by molar-refractivity contribution is 0.481. The molecule has 0 saturated carbocycles. The molecule has 0 radical (unpaired) electrons. The van der Waals surface area contributed by atoms with Crippen LogP contribution in [-0.4, -0.2) is 6.04 Å². The summed E-state index contributed by atoms with van der Waals surface area (Å²) >= 11 is 3.41. The van der Waals surface area contributed by atoms with Crippen molar-refractivity contribution < 1.29 is 4.74 Å². The standard InChI is InChI=1S/C17H20BrNO/c1-3-15(19)11-13-4-7-17(10-12(13)2)20-16-8-5-14(18)6-9-16/h4-10,15H,3,11,19H2,1-2H3. The molecule has 0 amide bonds. The molecule has 2 aromatic rings. The van der Waals surface area contributed by atoms with Crippen LogP contribution in [0.4, 0.5) is 0 Å². The highest BCUT2D eigenvalue weighted by atomic mass is 79.9. The molecule has 3 heteroatoms. The van der Waals surface area contributed by atoms with Gasteiger partial charge in [0, 0.05) is 10.5 Å². The number of halogens is 1. The Morgan fingerprint density at radius 1 is 1.10 bits per heavy atom. The average molecular weight is 334 g/mol. The second-order valence-corrected chi connectivity index (χ2v) is 5.93. The minimum Gasteiger partial charge on any atom is -0.457 e. The van der Waals surface area contributed by atoms with Crippen LogP contribution < -0.4 is 10.5 Å². The monoisotopic (exact) mass is 333 g/mol. The Balaban J connectivity index is 2.10. The first kappa shape index (κ1) is 15.1. The maximum Gasteiger partial charge on any atom is 0.127 e. The zero-order valence-corrected chi connectivity index (χ0v) is 13.5. The zero-order valence-electron chi connectivity index (χ0n) is 11.9. The lowest BCUT2D eigenvalue weighted by Crippen LogP contribution is -2.21. The third-order valence-corrected chi connectivity index (χ3v) is 3.90. The highest BCUT2D eigenvalue weighted by molar-refractivity contribution is 9.10. The predicted molar refractivity (Wildman–Crippen MR) is 87.4 cm³/mol. The van der Waals surface area contributed by atoms with Crippen LogP contribution in [-0.2, 0) is 6.42 Å². The van der Waals surface area contributed by atoms with Crippen LogP contribution in [0.25, 0.3) is 0 Å². The van der Waals surface area contributed by atoms with Gasteiger partial charge in [-0.25, -0.2) is 0 Å². The van der Waals surface area contributed by atoms with Gasteiger partial charge >= 0.3 is 0 Å². The normalized spacial score (nSPS) is 12.2. The van der Waals surface area contributed by atoms with Crippen molar-refractivity contribution in [2.24, 2.45) is 5.73 Å². The maximum absolute atomic E-state index is 6.01. The second-order valence-electron chi connectivity index (χ2n) is 5.02. The molecular weight excluding hydrogens is 314 g/mol. The third kappa shape index (κ3) is 4.09. The van der Waals surface area contributed by atoms with E-state index < -0.39 is 0 Å². The summed E-state index contributed by atoms with van der Waals surface area (Å²) in [5.74, 6) is 1.70. The predicted octanol–water partition coefficient (Wildman–Crippen LogP) is 4.83. The van der Waals surface area contributed by atoms with Gasteiger partial charge in [0.1, 0.15) is 11.5 Å². The molecule has 0 aliphatic heterocycles. The van der Waals surface area contributed by atoms with E-state index in [2.05, 4.69) is 41.9 Å². The summed E-state index contributed by atoms with van der Waals surface area (Å²) < 4.78 is 6.89. The van der Waals surface area contributed by atoms with Crippen LogP contribution in [0.5, 0.6) is 11.5 Å². The average Bonchev–Trinajstić information content (AvgIpc) is 2.44. The fourth-order valence-corrected chi connectivity index (χ4v) is 2.29. The molecule has 0 saturated heterocycles. The Labute approximate surface area is 129 Å². The first-order valence-electron chi connectivity index (χ1n) is 6.87. The molecule has 2 rings (SSSR count). The molecule has 0 fully saturated rings. The molecule has 106 valence electrons. The molecule has 1 unspecified atom stereocenters. The van der Waals surface area contributed by atoms with Crippen molar-refractivity contribution in [1.29, 1.82) is 0 Å². The Bertz CT molecular complexity index is 566. The van der Waals surface area contributed by atoms with Gasteiger partial charge in [-0.1, -0.05) is 28.9 Å². The molecule has 20 heavy (non-hydrogen) atoms. The van der Waals surface area contributed by atoms with Crippen molar-refractivity contribution in [3.63, 3.8) is 0 Å². The zero-order chi connectivity index (χ0) is 14.5. The minimum atomic E-state index is 0.229. The molecule has 0 aliphatic rings. The van der Waals surface area contributed by atoms with E-state index in [1.807, 2.05) is 30.3 Å². The molecule has 0 aromatic heterocycles. The number of aryl methyl sites for hydroxylation is 1. The summed E-state index contributed by atoms with van der Waals surface area (Å²) in [6.07, 6.45) is 1.91. The van der Waals surface area contributed by atoms with Gasteiger partial charge < -0.3 is 10.5 Å². The number of benzene rings is 2. The van der Waals surface area contributed by atoms with E-state index in [-0.39, 0.29) is 6.04 Å². The van der Waals surface area contributed by atoms with Gasteiger partial charge in [-0.05, 0) is 67.3 Å². The molecule has 2 nitrogen and oxygen atoms in total. The number of rotatable bonds is 5. The summed E-state index contributed by atoms with van der Waals surface area (Å²) in [6.45, 7) is 4.22. The first-order valence-corrected chi connectivity index (χ1v) is 7.66. The van der Waals surface area contributed by atoms with E-state index in [1.165, 1.54) is 11.1 Å². The molecule has 0 bridgehead atoms. The van der Waals surface area contributed by atoms with E-state index in [9.17, 15) is 0 Å². The molecule has 0 aliphatic carbocycles. The van der Waals surface area contributed by atoms with Gasteiger partial charge in [0.05, 0.1) is 0 Å². The number of ether oxygens (including phenoxy) is 1. The van der Waals surface area contributed by atoms with Crippen LogP contribution in [0.3, 0.4) is 0 Å². The van der Waals surface area contributed by atoms with E-state index in [0.29, 0.717) is 0 Å². The minimum absolute atomic E-state index is 0.229. The number of hydrogen-bond acceptors (Lipinski definition) is 2. The number of nitrogens with two attached hydrogens (primary N) is 1. The molecule has 2 aromatic carbocycles. The summed E-state index contributed by atoms with van der Waals surface area (Å²) in [7, 11) is 0.